The Morgan fingerprint density at radius 1 is 1.14 bits per heavy atom. The fourth-order valence-corrected chi connectivity index (χ4v) is 0. The van der Waals surface area contributed by atoms with E-state index in [1.54, 1.807) is 0 Å². The minimum Gasteiger partial charge on any atom is -0.264 e. The van der Waals surface area contributed by atoms with Gasteiger partial charge in [-0.25, -0.2) is 0 Å². The van der Waals surface area contributed by atoms with E-state index in [0.29, 0.717) is 0 Å². The van der Waals surface area contributed by atoms with E-state index in [0.717, 1.165) is 0 Å². The van der Waals surface area contributed by atoms with Crippen molar-refractivity contribution in [1.29, 1.82) is 0 Å². The van der Waals surface area contributed by atoms with Crippen LogP contribution in [0.3, 0.4) is 0 Å². The molecule has 0 saturated heterocycles. The zero-order valence-corrected chi connectivity index (χ0v) is 4.78. The Bertz CT molecular complexity index is 94.9. The third-order valence-electron chi connectivity index (χ3n) is 0. The topological polar surface area (TPSA) is 74.6 Å². The van der Waals surface area contributed by atoms with E-state index in [1.165, 1.54) is 0 Å². The molecule has 0 aliphatic carbocycles. The molecule has 0 aromatic rings. The Morgan fingerprint density at radius 2 is 1.14 bits per heavy atom. The SMILES string of the molecule is O=S(=O)(O)O.[AlH3].[V]. The second-order valence-electron chi connectivity index (χ2n) is 0.448. The molecular weight excluding hydrogens is 174 g/mol. The van der Waals surface area contributed by atoms with E-state index in [4.69, 9.17) is 17.5 Å². The van der Waals surface area contributed by atoms with Gasteiger partial charge in [0.2, 0.25) is 0 Å². The van der Waals surface area contributed by atoms with Crippen molar-refractivity contribution in [2.45, 2.75) is 0 Å². The molecule has 0 bridgehead atoms. The van der Waals surface area contributed by atoms with Gasteiger partial charge in [-0.3, -0.25) is 9.11 Å². The van der Waals surface area contributed by atoms with Crippen LogP contribution in [-0.4, -0.2) is 34.9 Å². The molecule has 0 spiro atoms. The van der Waals surface area contributed by atoms with Crippen LogP contribution in [0, 0.1) is 0 Å². The molecule has 0 aromatic carbocycles. The summed E-state index contributed by atoms with van der Waals surface area (Å²) < 4.78 is 31.6. The zero-order chi connectivity index (χ0) is 4.50. The zero-order valence-electron chi connectivity index (χ0n) is 2.57. The second-order valence-corrected chi connectivity index (χ2v) is 1.34. The Kier molecular flexibility index (Phi) is 11.5. The molecule has 0 aliphatic rings. The molecule has 0 unspecified atom stereocenters. The van der Waals surface area contributed by atoms with Gasteiger partial charge in [-0.1, -0.05) is 0 Å². The fourth-order valence-electron chi connectivity index (χ4n) is 0. The van der Waals surface area contributed by atoms with Crippen molar-refractivity contribution >= 4 is 27.8 Å². The van der Waals surface area contributed by atoms with Crippen molar-refractivity contribution in [3.05, 3.63) is 0 Å². The van der Waals surface area contributed by atoms with E-state index < -0.39 is 10.4 Å². The monoisotopic (exact) mass is 179 g/mol. The summed E-state index contributed by atoms with van der Waals surface area (Å²) in [4.78, 5) is 0. The Labute approximate surface area is 63.9 Å². The molecule has 2 N–H and O–H groups in total. The standard InChI is InChI=1S/Al.H2O4S.V.3H/c;1-5(2,3)4;;;;/h;(H2,1,2,3,4);;;;. The van der Waals surface area contributed by atoms with Gasteiger partial charge in [-0.15, -0.1) is 0 Å². The first-order valence-electron chi connectivity index (χ1n) is 0.698. The van der Waals surface area contributed by atoms with Crippen LogP contribution in [0.15, 0.2) is 0 Å². The van der Waals surface area contributed by atoms with Crippen LogP contribution in [-0.2, 0) is 29.0 Å². The number of hydrogen-bond donors (Lipinski definition) is 2. The number of hydrogen-bond acceptors (Lipinski definition) is 2. The minimum atomic E-state index is -4.67. The van der Waals surface area contributed by atoms with Gasteiger partial charge in [0.15, 0.2) is 17.4 Å². The normalized spacial score (nSPS) is 8.29. The molecule has 1 radical (unpaired) electrons. The Balaban J connectivity index is -0.0000000800. The van der Waals surface area contributed by atoms with Gasteiger partial charge in [-0.05, 0) is 0 Å². The molecule has 43 valence electrons. The first-order chi connectivity index (χ1) is 2.00. The predicted octanol–water partition coefficient (Wildman–Crippen LogP) is -1.84. The van der Waals surface area contributed by atoms with E-state index in [-0.39, 0.29) is 35.9 Å². The molecule has 0 fully saturated rings. The summed E-state index contributed by atoms with van der Waals surface area (Å²) >= 11 is 0. The predicted molar refractivity (Wildman–Crippen MR) is 24.1 cm³/mol. The van der Waals surface area contributed by atoms with Crippen LogP contribution in [0.5, 0.6) is 0 Å². The van der Waals surface area contributed by atoms with Gasteiger partial charge < -0.3 is 0 Å². The maximum absolute atomic E-state index is 8.74. The van der Waals surface area contributed by atoms with Crippen LogP contribution >= 0.6 is 0 Å². The first-order valence-corrected chi connectivity index (χ1v) is 2.10. The molecule has 0 amide bonds. The smallest absolute Gasteiger partial charge is 0.264 e. The molecule has 7 heavy (non-hydrogen) atoms. The van der Waals surface area contributed by atoms with E-state index >= 15 is 0 Å². The Hall–Kier alpha value is 0.987. The fraction of sp³-hybridized carbons (Fsp3) is 0. The van der Waals surface area contributed by atoms with E-state index in [2.05, 4.69) is 0 Å². The molecule has 0 saturated carbocycles. The average Bonchev–Trinajstić information content (AvgIpc) is 0.722. The van der Waals surface area contributed by atoms with Gasteiger partial charge in [0.1, 0.15) is 0 Å². The maximum atomic E-state index is 8.74. The van der Waals surface area contributed by atoms with Crippen LogP contribution in [0.4, 0.5) is 0 Å². The van der Waals surface area contributed by atoms with E-state index in [1.807, 2.05) is 0 Å². The second kappa shape index (κ2) is 5.13. The van der Waals surface area contributed by atoms with Crippen molar-refractivity contribution in [2.24, 2.45) is 0 Å². The molecule has 0 atom stereocenters. The Morgan fingerprint density at radius 3 is 1.14 bits per heavy atom. The van der Waals surface area contributed by atoms with Crippen LogP contribution in [0.1, 0.15) is 0 Å². The quantitative estimate of drug-likeness (QED) is 0.338. The minimum absolute atomic E-state index is 0. The maximum Gasteiger partial charge on any atom is 0.394 e. The van der Waals surface area contributed by atoms with Gasteiger partial charge in [0, 0.05) is 18.6 Å². The van der Waals surface area contributed by atoms with Crippen molar-refractivity contribution in [1.82, 2.24) is 0 Å². The molecule has 0 heterocycles. The molecule has 7 heteroatoms. The summed E-state index contributed by atoms with van der Waals surface area (Å²) in [5.74, 6) is 0. The molecule has 4 nitrogen and oxygen atoms in total. The van der Waals surface area contributed by atoms with Crippen molar-refractivity contribution < 1.29 is 36.1 Å². The summed E-state index contributed by atoms with van der Waals surface area (Å²) in [6, 6.07) is 0. The van der Waals surface area contributed by atoms with Gasteiger partial charge in [0.25, 0.3) is 0 Å². The number of rotatable bonds is 0. The van der Waals surface area contributed by atoms with E-state index in [9.17, 15) is 0 Å². The molecule has 0 aromatic heterocycles. The van der Waals surface area contributed by atoms with Crippen molar-refractivity contribution in [3.8, 4) is 0 Å². The van der Waals surface area contributed by atoms with Gasteiger partial charge in [0.05, 0.1) is 0 Å². The summed E-state index contributed by atoms with van der Waals surface area (Å²) in [6.07, 6.45) is 0. The molecular formula is H5AlO4SV. The van der Waals surface area contributed by atoms with Crippen LogP contribution in [0.25, 0.3) is 0 Å². The van der Waals surface area contributed by atoms with Gasteiger partial charge >= 0.3 is 10.4 Å². The molecule has 0 rings (SSSR count). The third-order valence-corrected chi connectivity index (χ3v) is 0. The van der Waals surface area contributed by atoms with Gasteiger partial charge in [-0.2, -0.15) is 8.42 Å². The summed E-state index contributed by atoms with van der Waals surface area (Å²) in [6.45, 7) is 0. The van der Waals surface area contributed by atoms with Crippen molar-refractivity contribution in [2.75, 3.05) is 0 Å². The first kappa shape index (κ1) is 15.7. The summed E-state index contributed by atoms with van der Waals surface area (Å²) in [5.41, 5.74) is 0. The van der Waals surface area contributed by atoms with Crippen LogP contribution < -0.4 is 0 Å². The third kappa shape index (κ3) is 178. The average molecular weight is 179 g/mol. The van der Waals surface area contributed by atoms with Crippen LogP contribution in [0.2, 0.25) is 0 Å². The largest absolute Gasteiger partial charge is 0.394 e. The summed E-state index contributed by atoms with van der Waals surface area (Å²) in [5, 5.41) is 0. The summed E-state index contributed by atoms with van der Waals surface area (Å²) in [7, 11) is -4.67. The van der Waals surface area contributed by atoms with Crippen molar-refractivity contribution in [3.63, 3.8) is 0 Å². The molecule has 0 aliphatic heterocycles.